The van der Waals surface area contributed by atoms with Crippen LogP contribution in [0.1, 0.15) is 31.5 Å². The molecular weight excluding hydrogens is 356 g/mol. The zero-order valence-electron chi connectivity index (χ0n) is 13.5. The van der Waals surface area contributed by atoms with Crippen molar-refractivity contribution in [3.63, 3.8) is 0 Å². The van der Waals surface area contributed by atoms with Gasteiger partial charge in [0.15, 0.2) is 0 Å². The van der Waals surface area contributed by atoms with Crippen molar-refractivity contribution < 1.29 is 29.7 Å². The Kier molecular flexibility index (Phi) is 7.31. The van der Waals surface area contributed by atoms with Crippen LogP contribution in [0.25, 0.3) is 0 Å². The summed E-state index contributed by atoms with van der Waals surface area (Å²) in [5, 5.41) is 37.9. The molecule has 0 aromatic carbocycles. The fraction of sp³-hybridized carbons (Fsp3) is 0.643. The highest BCUT2D eigenvalue weighted by Gasteiger charge is 2.43. The maximum absolute atomic E-state index is 11.3. The van der Waals surface area contributed by atoms with Crippen LogP contribution in [0.4, 0.5) is 0 Å². The van der Waals surface area contributed by atoms with Crippen LogP contribution in [0, 0.1) is 11.8 Å². The van der Waals surface area contributed by atoms with E-state index in [1.807, 2.05) is 0 Å². The molecule has 140 valence electrons. The first-order chi connectivity index (χ1) is 11.3. The average molecular weight is 377 g/mol. The highest BCUT2D eigenvalue weighted by molar-refractivity contribution is 5.85. The number of hydrogen-bond donors (Lipinski definition) is 4. The molecule has 25 heavy (non-hydrogen) atoms. The molecule has 4 atom stereocenters. The predicted octanol–water partition coefficient (Wildman–Crippen LogP) is 0.0416. The van der Waals surface area contributed by atoms with Gasteiger partial charge in [-0.1, -0.05) is 12.1 Å². The van der Waals surface area contributed by atoms with Gasteiger partial charge in [-0.05, 0) is 12.8 Å². The summed E-state index contributed by atoms with van der Waals surface area (Å²) in [6, 6.07) is -1.43. The molecule has 10 nitrogen and oxygen atoms in total. The van der Waals surface area contributed by atoms with E-state index in [2.05, 4.69) is 15.6 Å². The SMILES string of the molecule is CC(CCc1cnnn1[C@H]1CN[C@H](C(=O)O)[C@H]1CC(=O)O)C(=O)O.Cl. The molecule has 1 unspecified atom stereocenters. The summed E-state index contributed by atoms with van der Waals surface area (Å²) in [5.74, 6) is -4.29. The van der Waals surface area contributed by atoms with Crippen molar-refractivity contribution in [2.24, 2.45) is 11.8 Å². The molecule has 1 aliphatic heterocycles. The summed E-state index contributed by atoms with van der Waals surface area (Å²) in [6.45, 7) is 1.86. The van der Waals surface area contributed by atoms with E-state index in [1.165, 1.54) is 10.9 Å². The third kappa shape index (κ3) is 4.89. The molecule has 4 N–H and O–H groups in total. The van der Waals surface area contributed by atoms with Gasteiger partial charge >= 0.3 is 17.9 Å². The topological polar surface area (TPSA) is 155 Å². The molecule has 1 saturated heterocycles. The van der Waals surface area contributed by atoms with Crippen LogP contribution in [-0.2, 0) is 20.8 Å². The highest BCUT2D eigenvalue weighted by atomic mass is 35.5. The van der Waals surface area contributed by atoms with Crippen molar-refractivity contribution in [3.05, 3.63) is 11.9 Å². The van der Waals surface area contributed by atoms with E-state index in [0.717, 1.165) is 0 Å². The van der Waals surface area contributed by atoms with E-state index in [1.54, 1.807) is 6.92 Å². The van der Waals surface area contributed by atoms with Crippen molar-refractivity contribution in [3.8, 4) is 0 Å². The maximum Gasteiger partial charge on any atom is 0.321 e. The normalized spacial score (nSPS) is 23.6. The van der Waals surface area contributed by atoms with Crippen LogP contribution >= 0.6 is 12.4 Å². The number of carboxylic acids is 3. The van der Waals surface area contributed by atoms with Gasteiger partial charge in [0.2, 0.25) is 0 Å². The van der Waals surface area contributed by atoms with Crippen molar-refractivity contribution in [1.82, 2.24) is 20.3 Å². The first-order valence-electron chi connectivity index (χ1n) is 7.61. The summed E-state index contributed by atoms with van der Waals surface area (Å²) in [5.41, 5.74) is 0.663. The lowest BCUT2D eigenvalue weighted by molar-refractivity contribution is -0.143. The Morgan fingerprint density at radius 3 is 2.60 bits per heavy atom. The number of carbonyl (C=O) groups is 3. The molecule has 11 heteroatoms. The van der Waals surface area contributed by atoms with Gasteiger partial charge in [0, 0.05) is 12.5 Å². The van der Waals surface area contributed by atoms with Crippen molar-refractivity contribution in [1.29, 1.82) is 0 Å². The van der Waals surface area contributed by atoms with E-state index in [4.69, 9.17) is 10.2 Å². The van der Waals surface area contributed by atoms with E-state index in [0.29, 0.717) is 18.5 Å². The second-order valence-electron chi connectivity index (χ2n) is 6.00. The summed E-state index contributed by atoms with van der Waals surface area (Å²) in [7, 11) is 0. The Morgan fingerprint density at radius 2 is 2.04 bits per heavy atom. The third-order valence-electron chi connectivity index (χ3n) is 4.36. The average Bonchev–Trinajstić information content (AvgIpc) is 3.10. The van der Waals surface area contributed by atoms with Gasteiger partial charge in [0.05, 0.1) is 30.3 Å². The number of carboxylic acid groups (broad SMARTS) is 3. The minimum atomic E-state index is -1.11. The second kappa shape index (κ2) is 8.77. The fourth-order valence-electron chi connectivity index (χ4n) is 2.98. The molecule has 0 amide bonds. The van der Waals surface area contributed by atoms with Crippen LogP contribution in [0.5, 0.6) is 0 Å². The molecule has 0 aliphatic carbocycles. The molecule has 0 spiro atoms. The molecule has 0 saturated carbocycles. The lowest BCUT2D eigenvalue weighted by Gasteiger charge is -2.21. The maximum atomic E-state index is 11.3. The standard InChI is InChI=1S/C14H20N4O6.ClH/c1-7(13(21)22)2-3-8-5-16-17-18(8)10-6-15-12(14(23)24)9(10)4-11(19)20;/h5,7,9-10,12,15H,2-4,6H2,1H3,(H,19,20)(H,21,22)(H,23,24);1H/t7?,9-,10-,12-;/m0./s1. The fourth-order valence-corrected chi connectivity index (χ4v) is 2.98. The van der Waals surface area contributed by atoms with Gasteiger partial charge in [-0.25, -0.2) is 4.68 Å². The number of nitrogens with one attached hydrogen (secondary N) is 1. The van der Waals surface area contributed by atoms with Crippen LogP contribution < -0.4 is 5.32 Å². The van der Waals surface area contributed by atoms with Gasteiger partial charge in [-0.15, -0.1) is 17.5 Å². The quantitative estimate of drug-likeness (QED) is 0.492. The predicted molar refractivity (Wildman–Crippen MR) is 86.6 cm³/mol. The van der Waals surface area contributed by atoms with Crippen LogP contribution in [0.2, 0.25) is 0 Å². The largest absolute Gasteiger partial charge is 0.481 e. The van der Waals surface area contributed by atoms with Gasteiger partial charge in [0.1, 0.15) is 6.04 Å². The zero-order valence-corrected chi connectivity index (χ0v) is 14.3. The summed E-state index contributed by atoms with van der Waals surface area (Å²) >= 11 is 0. The summed E-state index contributed by atoms with van der Waals surface area (Å²) in [4.78, 5) is 33.3. The lowest BCUT2D eigenvalue weighted by Crippen LogP contribution is -2.37. The summed E-state index contributed by atoms with van der Waals surface area (Å²) < 4.78 is 1.53. The molecule has 1 aromatic rings. The van der Waals surface area contributed by atoms with Crippen LogP contribution in [-0.4, -0.2) is 60.8 Å². The smallest absolute Gasteiger partial charge is 0.321 e. The third-order valence-corrected chi connectivity index (χ3v) is 4.36. The van der Waals surface area contributed by atoms with E-state index in [9.17, 15) is 19.5 Å². The van der Waals surface area contributed by atoms with E-state index >= 15 is 0 Å². The Labute approximate surface area is 149 Å². The number of aryl methyl sites for hydroxylation is 1. The molecule has 2 rings (SSSR count). The van der Waals surface area contributed by atoms with Crippen molar-refractivity contribution in [2.45, 2.75) is 38.3 Å². The van der Waals surface area contributed by atoms with Gasteiger partial charge in [-0.3, -0.25) is 14.4 Å². The molecule has 1 aromatic heterocycles. The molecular formula is C14H21ClN4O6. The molecule has 1 fully saturated rings. The first-order valence-corrected chi connectivity index (χ1v) is 7.61. The number of nitrogens with zero attached hydrogens (tertiary/aromatic N) is 3. The Balaban J connectivity index is 0.00000312. The van der Waals surface area contributed by atoms with Gasteiger partial charge in [-0.2, -0.15) is 0 Å². The minimum Gasteiger partial charge on any atom is -0.481 e. The van der Waals surface area contributed by atoms with Crippen molar-refractivity contribution in [2.75, 3.05) is 6.54 Å². The summed E-state index contributed by atoms with van der Waals surface area (Å²) in [6.07, 6.45) is 1.99. The Hall–Kier alpha value is -2.20. The zero-order chi connectivity index (χ0) is 17.9. The van der Waals surface area contributed by atoms with Gasteiger partial charge in [0.25, 0.3) is 0 Å². The Morgan fingerprint density at radius 1 is 1.36 bits per heavy atom. The van der Waals surface area contributed by atoms with E-state index < -0.39 is 41.8 Å². The Bertz CT molecular complexity index is 637. The molecule has 1 aliphatic rings. The van der Waals surface area contributed by atoms with Crippen molar-refractivity contribution >= 4 is 30.3 Å². The first kappa shape index (κ1) is 20.8. The number of halogens is 1. The van der Waals surface area contributed by atoms with E-state index in [-0.39, 0.29) is 25.4 Å². The van der Waals surface area contributed by atoms with Crippen LogP contribution in [0.3, 0.4) is 0 Å². The minimum absolute atomic E-state index is 0. The number of hydrogen-bond acceptors (Lipinski definition) is 6. The van der Waals surface area contributed by atoms with Gasteiger partial charge < -0.3 is 20.6 Å². The monoisotopic (exact) mass is 376 g/mol. The lowest BCUT2D eigenvalue weighted by atomic mass is 9.92. The highest BCUT2D eigenvalue weighted by Crippen LogP contribution is 2.31. The van der Waals surface area contributed by atoms with Crippen LogP contribution in [0.15, 0.2) is 6.20 Å². The second-order valence-corrected chi connectivity index (χ2v) is 6.00. The number of aromatic nitrogens is 3. The molecule has 2 heterocycles. The number of rotatable bonds is 8. The molecule has 0 radical (unpaired) electrons. The molecule has 0 bridgehead atoms. The number of aliphatic carboxylic acids is 3.